The lowest BCUT2D eigenvalue weighted by Gasteiger charge is -2.10. The van der Waals surface area contributed by atoms with Crippen molar-refractivity contribution in [3.8, 4) is 0 Å². The lowest BCUT2D eigenvalue weighted by Crippen LogP contribution is -2.31. The first-order valence-corrected chi connectivity index (χ1v) is 5.43. The summed E-state index contributed by atoms with van der Waals surface area (Å²) in [6.45, 7) is 6.03. The predicted molar refractivity (Wildman–Crippen MR) is 56.3 cm³/mol. The minimum Gasteiger partial charge on any atom is -0.350 e. The maximum Gasteiger partial charge on any atom is 0.252 e. The molecule has 0 saturated carbocycles. The van der Waals surface area contributed by atoms with Gasteiger partial charge in [0, 0.05) is 11.4 Å². The van der Waals surface area contributed by atoms with E-state index in [0.29, 0.717) is 0 Å². The van der Waals surface area contributed by atoms with Crippen molar-refractivity contribution in [2.45, 2.75) is 33.2 Å². The summed E-state index contributed by atoms with van der Waals surface area (Å²) in [6, 6.07) is 0.256. The summed E-state index contributed by atoms with van der Waals surface area (Å²) in [7, 11) is 0. The number of hydrogen-bond donors (Lipinski definition) is 1. The lowest BCUT2D eigenvalue weighted by molar-refractivity contribution is 0.0939. The van der Waals surface area contributed by atoms with Crippen LogP contribution in [0.1, 0.15) is 36.2 Å². The van der Waals surface area contributed by atoms with Crippen molar-refractivity contribution in [2.75, 3.05) is 0 Å². The number of thiophene rings is 1. The fourth-order valence-electron chi connectivity index (χ4n) is 0.997. The van der Waals surface area contributed by atoms with Crippen LogP contribution in [0.5, 0.6) is 0 Å². The van der Waals surface area contributed by atoms with E-state index in [9.17, 15) is 4.79 Å². The number of hydrogen-bond acceptors (Lipinski definition) is 2. The molecule has 1 aromatic heterocycles. The predicted octanol–water partition coefficient (Wildman–Crippen LogP) is 2.58. The Balaban J connectivity index is 2.64. The average molecular weight is 197 g/mol. The van der Waals surface area contributed by atoms with E-state index in [0.717, 1.165) is 17.5 Å². The van der Waals surface area contributed by atoms with E-state index >= 15 is 0 Å². The number of amides is 1. The van der Waals surface area contributed by atoms with Crippen molar-refractivity contribution in [1.29, 1.82) is 0 Å². The van der Waals surface area contributed by atoms with Gasteiger partial charge in [0.05, 0.1) is 5.56 Å². The number of rotatable bonds is 3. The second-order valence-electron chi connectivity index (χ2n) is 3.25. The molecule has 1 rings (SSSR count). The van der Waals surface area contributed by atoms with E-state index in [1.54, 1.807) is 11.3 Å². The molecule has 13 heavy (non-hydrogen) atoms. The van der Waals surface area contributed by atoms with Crippen molar-refractivity contribution in [3.05, 3.63) is 21.9 Å². The first-order valence-electron chi connectivity index (χ1n) is 4.48. The average Bonchev–Trinajstić information content (AvgIpc) is 2.51. The highest BCUT2D eigenvalue weighted by atomic mass is 32.1. The molecule has 2 nitrogen and oxygen atoms in total. The third-order valence-electron chi connectivity index (χ3n) is 2.09. The SMILES string of the molecule is CCC(C)NC(=O)c1cscc1C. The fraction of sp³-hybridized carbons (Fsp3) is 0.500. The molecule has 1 unspecified atom stereocenters. The molecule has 3 heteroatoms. The summed E-state index contributed by atoms with van der Waals surface area (Å²) >= 11 is 1.57. The Labute approximate surface area is 83.0 Å². The summed E-state index contributed by atoms with van der Waals surface area (Å²) in [5.74, 6) is 0.0492. The first kappa shape index (κ1) is 10.3. The van der Waals surface area contributed by atoms with Crippen molar-refractivity contribution in [1.82, 2.24) is 5.32 Å². The van der Waals surface area contributed by atoms with Crippen LogP contribution in [0.25, 0.3) is 0 Å². The second-order valence-corrected chi connectivity index (χ2v) is 3.99. The molecule has 0 bridgehead atoms. The topological polar surface area (TPSA) is 29.1 Å². The van der Waals surface area contributed by atoms with Gasteiger partial charge in [-0.05, 0) is 31.2 Å². The van der Waals surface area contributed by atoms with Crippen LogP contribution in [0.15, 0.2) is 10.8 Å². The molecule has 1 atom stereocenters. The van der Waals surface area contributed by atoms with Crippen LogP contribution in [0, 0.1) is 6.92 Å². The van der Waals surface area contributed by atoms with Gasteiger partial charge < -0.3 is 5.32 Å². The Morgan fingerprint density at radius 1 is 1.62 bits per heavy atom. The van der Waals surface area contributed by atoms with Gasteiger partial charge in [0.1, 0.15) is 0 Å². The van der Waals surface area contributed by atoms with Crippen molar-refractivity contribution in [3.63, 3.8) is 0 Å². The van der Waals surface area contributed by atoms with E-state index in [4.69, 9.17) is 0 Å². The molecule has 0 aliphatic heterocycles. The largest absolute Gasteiger partial charge is 0.350 e. The molecule has 1 amide bonds. The Morgan fingerprint density at radius 3 is 2.77 bits per heavy atom. The normalized spacial score (nSPS) is 12.5. The summed E-state index contributed by atoms with van der Waals surface area (Å²) in [5.41, 5.74) is 1.87. The zero-order chi connectivity index (χ0) is 9.84. The summed E-state index contributed by atoms with van der Waals surface area (Å²) in [4.78, 5) is 11.6. The molecule has 0 saturated heterocycles. The molecular formula is C10H15NOS. The molecule has 0 radical (unpaired) electrons. The van der Waals surface area contributed by atoms with Crippen LogP contribution in [-0.2, 0) is 0 Å². The molecule has 0 aromatic carbocycles. The Kier molecular flexibility index (Phi) is 3.48. The maximum absolute atomic E-state index is 11.6. The van der Waals surface area contributed by atoms with Crippen LogP contribution < -0.4 is 5.32 Å². The molecule has 1 N–H and O–H groups in total. The van der Waals surface area contributed by atoms with Gasteiger partial charge in [0.25, 0.3) is 5.91 Å². The van der Waals surface area contributed by atoms with E-state index in [2.05, 4.69) is 12.2 Å². The van der Waals surface area contributed by atoms with Crippen LogP contribution in [0.4, 0.5) is 0 Å². The Morgan fingerprint density at radius 2 is 2.31 bits per heavy atom. The maximum atomic E-state index is 11.6. The number of carbonyl (C=O) groups is 1. The number of carbonyl (C=O) groups excluding carboxylic acids is 1. The molecule has 0 spiro atoms. The van der Waals surface area contributed by atoms with E-state index in [1.807, 2.05) is 24.6 Å². The molecule has 0 fully saturated rings. The minimum atomic E-state index is 0.0492. The standard InChI is InChI=1S/C10H15NOS/c1-4-8(3)11-10(12)9-6-13-5-7(9)2/h5-6,8H,4H2,1-3H3,(H,11,12). The van der Waals surface area contributed by atoms with Crippen molar-refractivity contribution in [2.24, 2.45) is 0 Å². The smallest absolute Gasteiger partial charge is 0.252 e. The van der Waals surface area contributed by atoms with Gasteiger partial charge in [-0.2, -0.15) is 11.3 Å². The zero-order valence-corrected chi connectivity index (χ0v) is 9.07. The highest BCUT2D eigenvalue weighted by molar-refractivity contribution is 7.08. The zero-order valence-electron chi connectivity index (χ0n) is 8.26. The van der Waals surface area contributed by atoms with Crippen LogP contribution >= 0.6 is 11.3 Å². The van der Waals surface area contributed by atoms with Gasteiger partial charge in [0.2, 0.25) is 0 Å². The van der Waals surface area contributed by atoms with Crippen LogP contribution in [-0.4, -0.2) is 11.9 Å². The van der Waals surface area contributed by atoms with Gasteiger partial charge in [0.15, 0.2) is 0 Å². The van der Waals surface area contributed by atoms with E-state index in [1.165, 1.54) is 0 Å². The third-order valence-corrected chi connectivity index (χ3v) is 2.95. The summed E-state index contributed by atoms with van der Waals surface area (Å²) in [5, 5.41) is 6.83. The molecular weight excluding hydrogens is 182 g/mol. The van der Waals surface area contributed by atoms with Gasteiger partial charge >= 0.3 is 0 Å². The number of aryl methyl sites for hydroxylation is 1. The summed E-state index contributed by atoms with van der Waals surface area (Å²) < 4.78 is 0. The third kappa shape index (κ3) is 2.56. The number of nitrogens with one attached hydrogen (secondary N) is 1. The molecule has 1 heterocycles. The molecule has 72 valence electrons. The lowest BCUT2D eigenvalue weighted by atomic mass is 10.2. The van der Waals surface area contributed by atoms with Crippen LogP contribution in [0.2, 0.25) is 0 Å². The fourth-order valence-corrected chi connectivity index (χ4v) is 1.82. The second kappa shape index (κ2) is 4.42. The van der Waals surface area contributed by atoms with Gasteiger partial charge in [-0.1, -0.05) is 6.92 Å². The molecule has 0 aliphatic rings. The Hall–Kier alpha value is -0.830. The minimum absolute atomic E-state index is 0.0492. The van der Waals surface area contributed by atoms with Gasteiger partial charge in [-0.3, -0.25) is 4.79 Å². The van der Waals surface area contributed by atoms with Crippen molar-refractivity contribution < 1.29 is 4.79 Å². The molecule has 1 aromatic rings. The highest BCUT2D eigenvalue weighted by Gasteiger charge is 2.10. The van der Waals surface area contributed by atoms with Crippen molar-refractivity contribution >= 4 is 17.2 Å². The molecule has 0 aliphatic carbocycles. The van der Waals surface area contributed by atoms with E-state index in [-0.39, 0.29) is 11.9 Å². The Bertz CT molecular complexity index is 293. The van der Waals surface area contributed by atoms with E-state index < -0.39 is 0 Å². The monoisotopic (exact) mass is 197 g/mol. The highest BCUT2D eigenvalue weighted by Crippen LogP contribution is 2.13. The van der Waals surface area contributed by atoms with Crippen LogP contribution in [0.3, 0.4) is 0 Å². The first-order chi connectivity index (χ1) is 6.15. The summed E-state index contributed by atoms with van der Waals surface area (Å²) in [6.07, 6.45) is 0.967. The quantitative estimate of drug-likeness (QED) is 0.792. The van der Waals surface area contributed by atoms with Gasteiger partial charge in [-0.15, -0.1) is 0 Å². The van der Waals surface area contributed by atoms with Gasteiger partial charge in [-0.25, -0.2) is 0 Å².